The van der Waals surface area contributed by atoms with Gasteiger partial charge in [-0.1, -0.05) is 27.7 Å². The van der Waals surface area contributed by atoms with Gasteiger partial charge in [0.15, 0.2) is 6.29 Å². The third-order valence-corrected chi connectivity index (χ3v) is 2.70. The van der Waals surface area contributed by atoms with Gasteiger partial charge in [0.25, 0.3) is 0 Å². The van der Waals surface area contributed by atoms with Crippen LogP contribution in [0.2, 0.25) is 0 Å². The van der Waals surface area contributed by atoms with Crippen molar-refractivity contribution in [2.45, 2.75) is 69.2 Å². The summed E-state index contributed by atoms with van der Waals surface area (Å²) in [5.74, 6) is -0.234. The molecule has 0 saturated heterocycles. The van der Waals surface area contributed by atoms with Crippen LogP contribution in [0.25, 0.3) is 0 Å². The lowest BCUT2D eigenvalue weighted by atomic mass is 10.1. The van der Waals surface area contributed by atoms with Gasteiger partial charge in [0.1, 0.15) is 0 Å². The van der Waals surface area contributed by atoms with Crippen molar-refractivity contribution in [3.63, 3.8) is 0 Å². The molecule has 120 valence electrons. The molecule has 1 N–H and O–H groups in total. The molecular weight excluding hydrogens is 296 g/mol. The highest BCUT2D eigenvalue weighted by Gasteiger charge is 2.18. The van der Waals surface area contributed by atoms with Gasteiger partial charge in [0.2, 0.25) is 0 Å². The van der Waals surface area contributed by atoms with Gasteiger partial charge >= 0.3 is 5.97 Å². The smallest absolute Gasteiger partial charge is 0.307 e. The summed E-state index contributed by atoms with van der Waals surface area (Å²) in [4.78, 5) is 11.4. The van der Waals surface area contributed by atoms with Gasteiger partial charge in [0, 0.05) is 22.5 Å². The zero-order valence-electron chi connectivity index (χ0n) is 12.9. The maximum atomic E-state index is 11.4. The topological polar surface area (TPSA) is 55.8 Å². The number of hydrogen-bond acceptors (Lipinski definition) is 6. The number of hydrogen-bond donors (Lipinski definition) is 3. The quantitative estimate of drug-likeness (QED) is 0.250. The minimum atomic E-state index is -0.796. The molecule has 0 rings (SSSR count). The van der Waals surface area contributed by atoms with Crippen molar-refractivity contribution in [1.29, 1.82) is 0 Å². The number of thiol groups is 2. The summed E-state index contributed by atoms with van der Waals surface area (Å²) in [5, 5.41) is 9.59. The molecule has 1 atom stereocenters. The van der Waals surface area contributed by atoms with Crippen molar-refractivity contribution < 1.29 is 19.4 Å². The molecular formula is C14H28O4S2. The van der Waals surface area contributed by atoms with E-state index in [1.165, 1.54) is 0 Å². The first-order valence-electron chi connectivity index (χ1n) is 6.90. The summed E-state index contributed by atoms with van der Waals surface area (Å²) in [5.41, 5.74) is 0. The molecule has 0 aliphatic heterocycles. The molecule has 6 heteroatoms. The van der Waals surface area contributed by atoms with Crippen LogP contribution >= 0.6 is 25.3 Å². The zero-order valence-corrected chi connectivity index (χ0v) is 14.7. The van der Waals surface area contributed by atoms with Crippen LogP contribution in [0, 0.1) is 0 Å². The normalized spacial score (nSPS) is 14.2. The van der Waals surface area contributed by atoms with Gasteiger partial charge in [-0.2, -0.15) is 25.3 Å². The first-order chi connectivity index (χ1) is 8.99. The largest absolute Gasteiger partial charge is 0.466 e. The van der Waals surface area contributed by atoms with Crippen molar-refractivity contribution in [3.05, 3.63) is 0 Å². The highest BCUT2D eigenvalue weighted by Crippen LogP contribution is 2.19. The summed E-state index contributed by atoms with van der Waals surface area (Å²) < 4.78 is 9.75. The number of aliphatic hydroxyl groups is 1. The molecule has 4 nitrogen and oxygen atoms in total. The Kier molecular flexibility index (Phi) is 9.22. The highest BCUT2D eigenvalue weighted by molar-refractivity contribution is 7.82. The molecule has 0 aromatic heterocycles. The second-order valence-electron chi connectivity index (χ2n) is 6.26. The Morgan fingerprint density at radius 1 is 1.10 bits per heavy atom. The van der Waals surface area contributed by atoms with Crippen LogP contribution in [-0.2, 0) is 14.3 Å². The molecule has 20 heavy (non-hydrogen) atoms. The molecule has 0 aromatic carbocycles. The van der Waals surface area contributed by atoms with Crippen molar-refractivity contribution >= 4 is 31.2 Å². The lowest BCUT2D eigenvalue weighted by Crippen LogP contribution is -2.23. The number of ether oxygens (including phenoxy) is 2. The van der Waals surface area contributed by atoms with Crippen molar-refractivity contribution in [3.8, 4) is 0 Å². The second-order valence-corrected chi connectivity index (χ2v) is 8.68. The van der Waals surface area contributed by atoms with Crippen molar-refractivity contribution in [2.24, 2.45) is 0 Å². The fourth-order valence-corrected chi connectivity index (χ4v) is 1.79. The van der Waals surface area contributed by atoms with Crippen LogP contribution < -0.4 is 0 Å². The number of carbonyl (C=O) groups is 1. The predicted octanol–water partition coefficient (Wildman–Crippen LogP) is 2.84. The average Bonchev–Trinajstić information content (AvgIpc) is 2.17. The van der Waals surface area contributed by atoms with E-state index >= 15 is 0 Å². The van der Waals surface area contributed by atoms with E-state index in [0.29, 0.717) is 26.1 Å². The fourth-order valence-electron chi connectivity index (χ4n) is 1.50. The van der Waals surface area contributed by atoms with Gasteiger partial charge < -0.3 is 14.6 Å². The second kappa shape index (κ2) is 9.18. The highest BCUT2D eigenvalue weighted by atomic mass is 32.1. The van der Waals surface area contributed by atoms with Gasteiger partial charge in [-0.15, -0.1) is 0 Å². The summed E-state index contributed by atoms with van der Waals surface area (Å²) in [6, 6.07) is 0. The summed E-state index contributed by atoms with van der Waals surface area (Å²) in [7, 11) is 0. The van der Waals surface area contributed by atoms with Crippen molar-refractivity contribution in [2.75, 3.05) is 13.2 Å². The Bertz CT molecular complexity index is 282. The van der Waals surface area contributed by atoms with E-state index in [1.54, 1.807) is 0 Å². The summed E-state index contributed by atoms with van der Waals surface area (Å²) in [6.07, 6.45) is 1.43. The van der Waals surface area contributed by atoms with Crippen molar-refractivity contribution in [1.82, 2.24) is 0 Å². The van der Waals surface area contributed by atoms with Gasteiger partial charge in [-0.3, -0.25) is 4.79 Å². The van der Waals surface area contributed by atoms with E-state index in [-0.39, 0.29) is 15.5 Å². The van der Waals surface area contributed by atoms with E-state index in [2.05, 4.69) is 25.3 Å². The molecule has 0 spiro atoms. The van der Waals surface area contributed by atoms with E-state index < -0.39 is 6.29 Å². The zero-order chi connectivity index (χ0) is 15.8. The SMILES string of the molecule is CC(C)(S)CC(=O)OCCCCOC(O)CC(C)(C)S. The third-order valence-electron chi connectivity index (χ3n) is 2.36. The van der Waals surface area contributed by atoms with Gasteiger partial charge in [0.05, 0.1) is 13.0 Å². The third kappa shape index (κ3) is 14.5. The lowest BCUT2D eigenvalue weighted by Gasteiger charge is -2.21. The molecule has 0 bridgehead atoms. The van der Waals surface area contributed by atoms with E-state index in [9.17, 15) is 9.90 Å². The molecule has 0 saturated carbocycles. The Hall–Kier alpha value is 0.0900. The van der Waals surface area contributed by atoms with Crippen LogP contribution in [-0.4, -0.2) is 40.1 Å². The van der Waals surface area contributed by atoms with Crippen LogP contribution in [0.5, 0.6) is 0 Å². The predicted molar refractivity (Wildman–Crippen MR) is 87.5 cm³/mol. The fraction of sp³-hybridized carbons (Fsp3) is 0.929. The summed E-state index contributed by atoms with van der Waals surface area (Å²) in [6.45, 7) is 8.40. The molecule has 0 amide bonds. The number of rotatable bonds is 10. The van der Waals surface area contributed by atoms with Crippen LogP contribution in [0.15, 0.2) is 0 Å². The van der Waals surface area contributed by atoms with Gasteiger partial charge in [-0.05, 0) is 12.8 Å². The average molecular weight is 325 g/mol. The minimum absolute atomic E-state index is 0.234. The first kappa shape index (κ1) is 20.1. The van der Waals surface area contributed by atoms with Gasteiger partial charge in [-0.25, -0.2) is 0 Å². The molecule has 0 aliphatic carbocycles. The number of esters is 1. The number of carbonyl (C=O) groups excluding carboxylic acids is 1. The molecule has 0 aromatic rings. The maximum absolute atomic E-state index is 11.4. The van der Waals surface area contributed by atoms with Crippen LogP contribution in [0.3, 0.4) is 0 Å². The van der Waals surface area contributed by atoms with E-state index in [1.807, 2.05) is 27.7 Å². The molecule has 1 unspecified atom stereocenters. The maximum Gasteiger partial charge on any atom is 0.307 e. The number of unbranched alkanes of at least 4 members (excludes halogenated alkanes) is 1. The molecule has 0 fully saturated rings. The minimum Gasteiger partial charge on any atom is -0.466 e. The Morgan fingerprint density at radius 3 is 2.15 bits per heavy atom. The Morgan fingerprint density at radius 2 is 1.65 bits per heavy atom. The molecule has 0 heterocycles. The van der Waals surface area contributed by atoms with Crippen LogP contribution in [0.1, 0.15) is 53.4 Å². The van der Waals surface area contributed by atoms with Crippen LogP contribution in [0.4, 0.5) is 0 Å². The molecule has 0 aliphatic rings. The Labute approximate surface area is 133 Å². The molecule has 0 radical (unpaired) electrons. The lowest BCUT2D eigenvalue weighted by molar-refractivity contribution is -0.144. The summed E-state index contributed by atoms with van der Waals surface area (Å²) >= 11 is 8.60. The monoisotopic (exact) mass is 324 g/mol. The standard InChI is InChI=1S/C14H28O4S2/c1-13(2,19)9-11(15)17-7-5-6-8-18-12(16)10-14(3,4)20/h11,15,19-20H,5-10H2,1-4H3. The first-order valence-corrected chi connectivity index (χ1v) is 7.79. The van der Waals surface area contributed by atoms with E-state index in [4.69, 9.17) is 9.47 Å². The van der Waals surface area contributed by atoms with E-state index in [0.717, 1.165) is 12.8 Å². The number of aliphatic hydroxyl groups excluding tert-OH is 1. The Balaban J connectivity index is 3.52.